The van der Waals surface area contributed by atoms with E-state index in [1.54, 1.807) is 0 Å². The van der Waals surface area contributed by atoms with Crippen molar-refractivity contribution in [2.45, 2.75) is 37.7 Å². The van der Waals surface area contributed by atoms with Gasteiger partial charge in [-0.05, 0) is 38.5 Å². The number of ether oxygens (including phenoxy) is 1. The second kappa shape index (κ2) is 4.71. The predicted octanol–water partition coefficient (Wildman–Crippen LogP) is 2.86. The highest BCUT2D eigenvalue weighted by atomic mass is 32.1. The second-order valence-corrected chi connectivity index (χ2v) is 4.95. The smallest absolute Gasteiger partial charge is 0.310 e. The number of esters is 1. The summed E-state index contributed by atoms with van der Waals surface area (Å²) < 4.78 is 5.21. The van der Waals surface area contributed by atoms with Crippen LogP contribution in [0.4, 0.5) is 0 Å². The molecular formula is C12H16O2S. The summed E-state index contributed by atoms with van der Waals surface area (Å²) in [5.74, 6) is -0.200. The van der Waals surface area contributed by atoms with Crippen molar-refractivity contribution >= 4 is 18.6 Å². The minimum atomic E-state index is -0.416. The molecular weight excluding hydrogens is 208 g/mol. The maximum absolute atomic E-state index is 11.5. The number of thiol groups is 1. The third kappa shape index (κ3) is 4.88. The molecule has 0 aliphatic carbocycles. The normalized spacial score (nSPS) is 11.2. The predicted molar refractivity (Wildman–Crippen MR) is 63.2 cm³/mol. The Labute approximate surface area is 96.1 Å². The molecule has 0 aromatic heterocycles. The van der Waals surface area contributed by atoms with Gasteiger partial charge in [-0.1, -0.05) is 12.1 Å². The van der Waals surface area contributed by atoms with Crippen molar-refractivity contribution in [3.05, 3.63) is 29.8 Å². The van der Waals surface area contributed by atoms with Gasteiger partial charge >= 0.3 is 5.97 Å². The SMILES string of the molecule is CC(C)(C)OC(=O)Cc1ccc(S)cc1. The number of carbonyl (C=O) groups is 1. The molecule has 0 atom stereocenters. The lowest BCUT2D eigenvalue weighted by Crippen LogP contribution is -2.24. The van der Waals surface area contributed by atoms with E-state index in [0.717, 1.165) is 10.5 Å². The van der Waals surface area contributed by atoms with Crippen LogP contribution in [0.15, 0.2) is 29.2 Å². The van der Waals surface area contributed by atoms with E-state index in [1.165, 1.54) is 0 Å². The molecule has 15 heavy (non-hydrogen) atoms. The van der Waals surface area contributed by atoms with Crippen molar-refractivity contribution in [3.63, 3.8) is 0 Å². The number of hydrogen-bond acceptors (Lipinski definition) is 3. The van der Waals surface area contributed by atoms with Crippen LogP contribution in [0.2, 0.25) is 0 Å². The maximum Gasteiger partial charge on any atom is 0.310 e. The van der Waals surface area contributed by atoms with Crippen LogP contribution < -0.4 is 0 Å². The van der Waals surface area contributed by atoms with Gasteiger partial charge in [0.1, 0.15) is 5.60 Å². The lowest BCUT2D eigenvalue weighted by Gasteiger charge is -2.19. The van der Waals surface area contributed by atoms with Crippen molar-refractivity contribution in [1.82, 2.24) is 0 Å². The first-order chi connectivity index (χ1) is 6.87. The Hall–Kier alpha value is -0.960. The fourth-order valence-corrected chi connectivity index (χ4v) is 1.31. The third-order valence-electron chi connectivity index (χ3n) is 1.70. The Bertz CT molecular complexity index is 336. The molecule has 0 bridgehead atoms. The highest BCUT2D eigenvalue weighted by Gasteiger charge is 2.16. The molecule has 1 rings (SSSR count). The minimum absolute atomic E-state index is 0.200. The van der Waals surface area contributed by atoms with E-state index in [-0.39, 0.29) is 5.97 Å². The number of rotatable bonds is 2. The van der Waals surface area contributed by atoms with Crippen LogP contribution in [0.3, 0.4) is 0 Å². The minimum Gasteiger partial charge on any atom is -0.460 e. The summed E-state index contributed by atoms with van der Waals surface area (Å²) in [5.41, 5.74) is 0.530. The van der Waals surface area contributed by atoms with E-state index in [4.69, 9.17) is 4.74 Å². The van der Waals surface area contributed by atoms with Crippen LogP contribution in [0, 0.1) is 0 Å². The van der Waals surface area contributed by atoms with Crippen molar-refractivity contribution < 1.29 is 9.53 Å². The summed E-state index contributed by atoms with van der Waals surface area (Å²) in [6.07, 6.45) is 0.311. The molecule has 0 saturated heterocycles. The summed E-state index contributed by atoms with van der Waals surface area (Å²) in [7, 11) is 0. The molecule has 3 heteroatoms. The highest BCUT2D eigenvalue weighted by molar-refractivity contribution is 7.80. The number of benzene rings is 1. The summed E-state index contributed by atoms with van der Waals surface area (Å²) in [4.78, 5) is 12.4. The first-order valence-corrected chi connectivity index (χ1v) is 5.31. The molecule has 0 aliphatic rings. The average molecular weight is 224 g/mol. The Kier molecular flexibility index (Phi) is 3.80. The summed E-state index contributed by atoms with van der Waals surface area (Å²) in [6.45, 7) is 5.59. The molecule has 0 heterocycles. The summed E-state index contributed by atoms with van der Waals surface area (Å²) in [5, 5.41) is 0. The maximum atomic E-state index is 11.5. The van der Waals surface area contributed by atoms with Gasteiger partial charge in [0.2, 0.25) is 0 Å². The quantitative estimate of drug-likeness (QED) is 0.617. The fraction of sp³-hybridized carbons (Fsp3) is 0.417. The molecule has 0 fully saturated rings. The first-order valence-electron chi connectivity index (χ1n) is 4.86. The molecule has 1 aromatic carbocycles. The van der Waals surface area contributed by atoms with Gasteiger partial charge in [-0.25, -0.2) is 0 Å². The zero-order valence-corrected chi connectivity index (χ0v) is 10.2. The van der Waals surface area contributed by atoms with E-state index >= 15 is 0 Å². The molecule has 0 N–H and O–H groups in total. The molecule has 0 amide bonds. The first kappa shape index (κ1) is 12.1. The van der Waals surface area contributed by atoms with E-state index in [0.29, 0.717) is 6.42 Å². The Morgan fingerprint density at radius 1 is 1.27 bits per heavy atom. The topological polar surface area (TPSA) is 26.3 Å². The zero-order chi connectivity index (χ0) is 11.5. The molecule has 0 saturated carbocycles. The van der Waals surface area contributed by atoms with Crippen molar-refractivity contribution in [2.24, 2.45) is 0 Å². The summed E-state index contributed by atoms with van der Waals surface area (Å²) >= 11 is 4.17. The third-order valence-corrected chi connectivity index (χ3v) is 2.00. The monoisotopic (exact) mass is 224 g/mol. The van der Waals surface area contributed by atoms with E-state index in [2.05, 4.69) is 12.6 Å². The van der Waals surface area contributed by atoms with Gasteiger partial charge in [0.05, 0.1) is 6.42 Å². The number of hydrogen-bond donors (Lipinski definition) is 1. The Morgan fingerprint density at radius 2 is 1.80 bits per heavy atom. The zero-order valence-electron chi connectivity index (χ0n) is 9.28. The molecule has 0 radical (unpaired) electrons. The van der Waals surface area contributed by atoms with E-state index in [1.807, 2.05) is 45.0 Å². The second-order valence-electron chi connectivity index (χ2n) is 4.43. The number of carbonyl (C=O) groups excluding carboxylic acids is 1. The van der Waals surface area contributed by atoms with Crippen LogP contribution in [-0.2, 0) is 16.0 Å². The van der Waals surface area contributed by atoms with E-state index < -0.39 is 5.60 Å². The molecule has 2 nitrogen and oxygen atoms in total. The van der Waals surface area contributed by atoms with E-state index in [9.17, 15) is 4.79 Å². The Balaban J connectivity index is 2.55. The average Bonchev–Trinajstić information content (AvgIpc) is 2.05. The standard InChI is InChI=1S/C12H16O2S/c1-12(2,3)14-11(13)8-9-4-6-10(15)7-5-9/h4-7,15H,8H2,1-3H3. The van der Waals surface area contributed by atoms with Gasteiger partial charge < -0.3 is 4.74 Å². The van der Waals surface area contributed by atoms with Gasteiger partial charge in [0, 0.05) is 4.90 Å². The van der Waals surface area contributed by atoms with Crippen molar-refractivity contribution in [1.29, 1.82) is 0 Å². The van der Waals surface area contributed by atoms with Gasteiger partial charge in [0.15, 0.2) is 0 Å². The Morgan fingerprint density at radius 3 is 2.27 bits per heavy atom. The fourth-order valence-electron chi connectivity index (χ4n) is 1.16. The van der Waals surface area contributed by atoms with Crippen LogP contribution in [0.25, 0.3) is 0 Å². The van der Waals surface area contributed by atoms with Crippen molar-refractivity contribution in [2.75, 3.05) is 0 Å². The molecule has 0 spiro atoms. The van der Waals surface area contributed by atoms with Gasteiger partial charge in [-0.3, -0.25) is 4.79 Å². The van der Waals surface area contributed by atoms with Crippen LogP contribution in [0.1, 0.15) is 26.3 Å². The van der Waals surface area contributed by atoms with Crippen LogP contribution in [0.5, 0.6) is 0 Å². The molecule has 1 aromatic rings. The molecule has 82 valence electrons. The van der Waals surface area contributed by atoms with Gasteiger partial charge in [0.25, 0.3) is 0 Å². The van der Waals surface area contributed by atoms with Crippen LogP contribution >= 0.6 is 12.6 Å². The highest BCUT2D eigenvalue weighted by Crippen LogP contribution is 2.12. The molecule has 0 aliphatic heterocycles. The van der Waals surface area contributed by atoms with Crippen molar-refractivity contribution in [3.8, 4) is 0 Å². The largest absolute Gasteiger partial charge is 0.460 e. The van der Waals surface area contributed by atoms with Gasteiger partial charge in [-0.15, -0.1) is 12.6 Å². The molecule has 0 unspecified atom stereocenters. The lowest BCUT2D eigenvalue weighted by molar-refractivity contribution is -0.153. The summed E-state index contributed by atoms with van der Waals surface area (Å²) in [6, 6.07) is 7.49. The van der Waals surface area contributed by atoms with Gasteiger partial charge in [-0.2, -0.15) is 0 Å². The van der Waals surface area contributed by atoms with Crippen LogP contribution in [-0.4, -0.2) is 11.6 Å². The lowest BCUT2D eigenvalue weighted by atomic mass is 10.1.